The molecule has 0 radical (unpaired) electrons. The number of aromatic nitrogens is 2. The molecule has 6 heteroatoms. The number of hydrogen-bond donors (Lipinski definition) is 2. The standard InChI is InChI=1S/C18H19N3O3/c1-23-14-6-12(7-15(9-14)24-2)10-20-17(22)8-13-11-21-18-16(13)4-3-5-19-18/h3-7,9,11H,8,10H2,1-2H3,(H,19,21)(H,20,22). The van der Waals surface area contributed by atoms with Gasteiger partial charge in [-0.3, -0.25) is 4.79 Å². The molecule has 1 aromatic carbocycles. The van der Waals surface area contributed by atoms with Gasteiger partial charge in [0.1, 0.15) is 17.1 Å². The molecule has 0 atom stereocenters. The minimum atomic E-state index is -0.0541. The van der Waals surface area contributed by atoms with Crippen LogP contribution >= 0.6 is 0 Å². The fraction of sp³-hybridized carbons (Fsp3) is 0.222. The summed E-state index contributed by atoms with van der Waals surface area (Å²) in [5.74, 6) is 1.34. The molecule has 1 amide bonds. The Bertz CT molecular complexity index is 835. The lowest BCUT2D eigenvalue weighted by molar-refractivity contribution is -0.120. The van der Waals surface area contributed by atoms with Gasteiger partial charge in [0.2, 0.25) is 5.91 Å². The number of amides is 1. The van der Waals surface area contributed by atoms with E-state index in [9.17, 15) is 4.79 Å². The number of hydrogen-bond acceptors (Lipinski definition) is 4. The average Bonchev–Trinajstić information content (AvgIpc) is 3.02. The van der Waals surface area contributed by atoms with Crippen LogP contribution in [-0.2, 0) is 17.8 Å². The molecular weight excluding hydrogens is 306 g/mol. The summed E-state index contributed by atoms with van der Waals surface area (Å²) in [6.45, 7) is 0.410. The van der Waals surface area contributed by atoms with E-state index >= 15 is 0 Å². The first-order valence-electron chi connectivity index (χ1n) is 7.59. The van der Waals surface area contributed by atoms with Crippen LogP contribution in [-0.4, -0.2) is 30.1 Å². The van der Waals surface area contributed by atoms with Crippen LogP contribution in [0.4, 0.5) is 0 Å². The van der Waals surface area contributed by atoms with Crippen LogP contribution in [0.1, 0.15) is 11.1 Å². The summed E-state index contributed by atoms with van der Waals surface area (Å²) in [4.78, 5) is 19.5. The second-order valence-corrected chi connectivity index (χ2v) is 5.39. The minimum Gasteiger partial charge on any atom is -0.497 e. The number of ether oxygens (including phenoxy) is 2. The number of rotatable bonds is 6. The van der Waals surface area contributed by atoms with Gasteiger partial charge < -0.3 is 19.8 Å². The van der Waals surface area contributed by atoms with Crippen LogP contribution in [0.25, 0.3) is 11.0 Å². The summed E-state index contributed by atoms with van der Waals surface area (Å²) < 4.78 is 10.5. The van der Waals surface area contributed by atoms with Crippen molar-refractivity contribution < 1.29 is 14.3 Å². The summed E-state index contributed by atoms with van der Waals surface area (Å²) in [5, 5.41) is 3.89. The third-order valence-corrected chi connectivity index (χ3v) is 3.79. The number of fused-ring (bicyclic) bond motifs is 1. The number of benzene rings is 1. The molecule has 2 heterocycles. The Balaban J connectivity index is 1.65. The molecular formula is C18H19N3O3. The van der Waals surface area contributed by atoms with E-state index in [-0.39, 0.29) is 5.91 Å². The maximum absolute atomic E-state index is 12.2. The lowest BCUT2D eigenvalue weighted by atomic mass is 10.1. The van der Waals surface area contributed by atoms with Gasteiger partial charge in [-0.2, -0.15) is 0 Å². The largest absolute Gasteiger partial charge is 0.497 e. The van der Waals surface area contributed by atoms with Gasteiger partial charge in [0.15, 0.2) is 0 Å². The predicted octanol–water partition coefficient (Wildman–Crippen LogP) is 2.44. The Morgan fingerprint density at radius 1 is 1.21 bits per heavy atom. The van der Waals surface area contributed by atoms with Crippen LogP contribution < -0.4 is 14.8 Å². The molecule has 124 valence electrons. The van der Waals surface area contributed by atoms with Gasteiger partial charge in [-0.1, -0.05) is 0 Å². The summed E-state index contributed by atoms with van der Waals surface area (Å²) in [7, 11) is 3.20. The van der Waals surface area contributed by atoms with Crippen molar-refractivity contribution in [2.75, 3.05) is 14.2 Å². The molecule has 24 heavy (non-hydrogen) atoms. The number of carbonyl (C=O) groups excluding carboxylic acids is 1. The fourth-order valence-corrected chi connectivity index (χ4v) is 2.56. The summed E-state index contributed by atoms with van der Waals surface area (Å²) in [6, 6.07) is 9.36. The van der Waals surface area contributed by atoms with Gasteiger partial charge in [0, 0.05) is 30.4 Å². The first kappa shape index (κ1) is 15.9. The van der Waals surface area contributed by atoms with Gasteiger partial charge in [-0.25, -0.2) is 4.98 Å². The highest BCUT2D eigenvalue weighted by Crippen LogP contribution is 2.22. The van der Waals surface area contributed by atoms with Crippen molar-refractivity contribution in [3.05, 3.63) is 53.9 Å². The molecule has 0 saturated carbocycles. The highest BCUT2D eigenvalue weighted by Gasteiger charge is 2.09. The van der Waals surface area contributed by atoms with Crippen molar-refractivity contribution in [1.29, 1.82) is 0 Å². The molecule has 0 spiro atoms. The zero-order valence-electron chi connectivity index (χ0n) is 13.6. The summed E-state index contributed by atoms with van der Waals surface area (Å²) in [6.07, 6.45) is 3.84. The normalized spacial score (nSPS) is 10.6. The number of nitrogens with zero attached hydrogens (tertiary/aromatic N) is 1. The SMILES string of the molecule is COc1cc(CNC(=O)Cc2c[nH]c3ncccc23)cc(OC)c1. The Kier molecular flexibility index (Phi) is 4.65. The zero-order chi connectivity index (χ0) is 16.9. The van der Waals surface area contributed by atoms with Crippen LogP contribution in [0, 0.1) is 0 Å². The van der Waals surface area contributed by atoms with E-state index in [2.05, 4.69) is 15.3 Å². The van der Waals surface area contributed by atoms with E-state index in [0.717, 1.165) is 22.2 Å². The van der Waals surface area contributed by atoms with Crippen molar-refractivity contribution in [3.63, 3.8) is 0 Å². The molecule has 0 fully saturated rings. The molecule has 0 unspecified atom stereocenters. The second kappa shape index (κ2) is 7.04. The number of methoxy groups -OCH3 is 2. The predicted molar refractivity (Wildman–Crippen MR) is 91.2 cm³/mol. The summed E-state index contributed by atoms with van der Waals surface area (Å²) in [5.41, 5.74) is 2.64. The zero-order valence-corrected chi connectivity index (χ0v) is 13.6. The monoisotopic (exact) mass is 325 g/mol. The van der Waals surface area contributed by atoms with Crippen LogP contribution in [0.5, 0.6) is 11.5 Å². The number of aromatic amines is 1. The van der Waals surface area contributed by atoms with Crippen LogP contribution in [0.3, 0.4) is 0 Å². The molecule has 0 aliphatic rings. The molecule has 2 N–H and O–H groups in total. The van der Waals surface area contributed by atoms with Crippen molar-refractivity contribution in [1.82, 2.24) is 15.3 Å². The van der Waals surface area contributed by atoms with Gasteiger partial charge in [0.25, 0.3) is 0 Å². The van der Waals surface area contributed by atoms with Crippen molar-refractivity contribution in [2.45, 2.75) is 13.0 Å². The van der Waals surface area contributed by atoms with Crippen molar-refractivity contribution in [2.24, 2.45) is 0 Å². The van der Waals surface area contributed by atoms with Gasteiger partial charge in [-0.05, 0) is 35.4 Å². The minimum absolute atomic E-state index is 0.0541. The fourth-order valence-electron chi connectivity index (χ4n) is 2.56. The highest BCUT2D eigenvalue weighted by molar-refractivity contribution is 5.87. The van der Waals surface area contributed by atoms with Gasteiger partial charge in [0.05, 0.1) is 20.6 Å². The molecule has 6 nitrogen and oxygen atoms in total. The molecule has 3 rings (SSSR count). The molecule has 2 aromatic heterocycles. The van der Waals surface area contributed by atoms with Crippen LogP contribution in [0.2, 0.25) is 0 Å². The molecule has 0 aliphatic carbocycles. The van der Waals surface area contributed by atoms with E-state index < -0.39 is 0 Å². The van der Waals surface area contributed by atoms with Gasteiger partial charge in [-0.15, -0.1) is 0 Å². The first-order valence-corrected chi connectivity index (χ1v) is 7.59. The Morgan fingerprint density at radius 3 is 2.67 bits per heavy atom. The molecule has 3 aromatic rings. The number of H-pyrrole nitrogens is 1. The summed E-state index contributed by atoms with van der Waals surface area (Å²) >= 11 is 0. The third-order valence-electron chi connectivity index (χ3n) is 3.79. The van der Waals surface area contributed by atoms with E-state index in [1.807, 2.05) is 30.5 Å². The number of carbonyl (C=O) groups is 1. The maximum Gasteiger partial charge on any atom is 0.224 e. The number of nitrogens with one attached hydrogen (secondary N) is 2. The third kappa shape index (κ3) is 3.48. The lowest BCUT2D eigenvalue weighted by Gasteiger charge is -2.09. The topological polar surface area (TPSA) is 76.2 Å². The van der Waals surface area contributed by atoms with Crippen LogP contribution in [0.15, 0.2) is 42.7 Å². The van der Waals surface area contributed by atoms with E-state index in [1.165, 1.54) is 0 Å². The lowest BCUT2D eigenvalue weighted by Crippen LogP contribution is -2.24. The first-order chi connectivity index (χ1) is 11.7. The molecule has 0 aliphatic heterocycles. The number of pyridine rings is 1. The van der Waals surface area contributed by atoms with E-state index in [1.54, 1.807) is 26.5 Å². The van der Waals surface area contributed by atoms with E-state index in [0.29, 0.717) is 24.5 Å². The second-order valence-electron chi connectivity index (χ2n) is 5.39. The molecule has 0 saturated heterocycles. The van der Waals surface area contributed by atoms with Crippen molar-refractivity contribution >= 4 is 16.9 Å². The average molecular weight is 325 g/mol. The van der Waals surface area contributed by atoms with Gasteiger partial charge >= 0.3 is 0 Å². The Hall–Kier alpha value is -3.02. The Morgan fingerprint density at radius 2 is 1.96 bits per heavy atom. The van der Waals surface area contributed by atoms with Crippen molar-refractivity contribution in [3.8, 4) is 11.5 Å². The maximum atomic E-state index is 12.2. The quantitative estimate of drug-likeness (QED) is 0.730. The Labute approximate surface area is 139 Å². The highest BCUT2D eigenvalue weighted by atomic mass is 16.5. The smallest absolute Gasteiger partial charge is 0.224 e. The molecule has 0 bridgehead atoms. The van der Waals surface area contributed by atoms with E-state index in [4.69, 9.17) is 9.47 Å².